The molecule has 2 aromatic heterocycles. The number of hydrogen-bond acceptors (Lipinski definition) is 7. The Balaban J connectivity index is 1.55. The molecule has 0 radical (unpaired) electrons. The third kappa shape index (κ3) is 4.13. The first-order valence-electron chi connectivity index (χ1n) is 7.38. The predicted molar refractivity (Wildman–Crippen MR) is 89.1 cm³/mol. The van der Waals surface area contributed by atoms with Crippen LogP contribution in [0, 0.1) is 6.92 Å². The molecule has 0 aliphatic carbocycles. The topological polar surface area (TPSA) is 104 Å². The number of oxime groups is 1. The fourth-order valence-electron chi connectivity index (χ4n) is 2.03. The highest BCUT2D eigenvalue weighted by Crippen LogP contribution is 2.09. The van der Waals surface area contributed by atoms with Crippen LogP contribution in [0.3, 0.4) is 0 Å². The summed E-state index contributed by atoms with van der Waals surface area (Å²) < 4.78 is 1.66. The van der Waals surface area contributed by atoms with E-state index in [-0.39, 0.29) is 6.61 Å². The van der Waals surface area contributed by atoms with E-state index in [4.69, 9.17) is 10.6 Å². The maximum atomic E-state index is 5.87. The highest BCUT2D eigenvalue weighted by molar-refractivity contribution is 5.78. The summed E-state index contributed by atoms with van der Waals surface area (Å²) >= 11 is 0. The predicted octanol–water partition coefficient (Wildman–Crippen LogP) is 1.56. The van der Waals surface area contributed by atoms with E-state index in [1.807, 2.05) is 30.3 Å². The van der Waals surface area contributed by atoms with Gasteiger partial charge in [0.1, 0.15) is 17.3 Å². The van der Waals surface area contributed by atoms with Crippen molar-refractivity contribution >= 4 is 12.0 Å². The standard InChI is InChI=1S/C16H17N7O/c1-12-18-8-14(16(17)20-12)9-23-10-15(21-22-23)11-24-19-7-13-5-3-2-4-6-13/h2-8,10H,9,11H2,1H3,(H2,17,18,20)/b19-7+. The molecule has 2 N–H and O–H groups in total. The lowest BCUT2D eigenvalue weighted by Gasteiger charge is -2.04. The fraction of sp³-hybridized carbons (Fsp3) is 0.188. The molecule has 0 fully saturated rings. The summed E-state index contributed by atoms with van der Waals surface area (Å²) in [6.07, 6.45) is 5.12. The van der Waals surface area contributed by atoms with Crippen LogP contribution in [0.2, 0.25) is 0 Å². The average Bonchev–Trinajstić information content (AvgIpc) is 3.03. The SMILES string of the molecule is Cc1ncc(Cn2cc(CO/N=C/c3ccccc3)nn2)c(N)n1. The number of benzene rings is 1. The molecule has 0 spiro atoms. The van der Waals surface area contributed by atoms with E-state index in [2.05, 4.69) is 25.4 Å². The maximum Gasteiger partial charge on any atom is 0.162 e. The van der Waals surface area contributed by atoms with Crippen molar-refractivity contribution < 1.29 is 4.84 Å². The number of rotatable bonds is 6. The summed E-state index contributed by atoms with van der Waals surface area (Å²) in [6, 6.07) is 9.71. The van der Waals surface area contributed by atoms with E-state index in [0.29, 0.717) is 23.9 Å². The molecule has 24 heavy (non-hydrogen) atoms. The van der Waals surface area contributed by atoms with Crippen molar-refractivity contribution in [3.8, 4) is 0 Å². The van der Waals surface area contributed by atoms with Gasteiger partial charge < -0.3 is 10.6 Å². The lowest BCUT2D eigenvalue weighted by atomic mass is 10.2. The number of hydrogen-bond donors (Lipinski definition) is 1. The van der Waals surface area contributed by atoms with Gasteiger partial charge >= 0.3 is 0 Å². The van der Waals surface area contributed by atoms with Crippen molar-refractivity contribution in [2.75, 3.05) is 5.73 Å². The van der Waals surface area contributed by atoms with Crippen LogP contribution in [-0.4, -0.2) is 31.2 Å². The first-order valence-corrected chi connectivity index (χ1v) is 7.38. The highest BCUT2D eigenvalue weighted by atomic mass is 16.6. The zero-order valence-corrected chi connectivity index (χ0v) is 13.2. The summed E-state index contributed by atoms with van der Waals surface area (Å²) in [5, 5.41) is 12.0. The Morgan fingerprint density at radius 3 is 2.92 bits per heavy atom. The van der Waals surface area contributed by atoms with Gasteiger partial charge in [-0.1, -0.05) is 40.7 Å². The Morgan fingerprint density at radius 1 is 1.29 bits per heavy atom. The summed E-state index contributed by atoms with van der Waals surface area (Å²) in [4.78, 5) is 13.5. The van der Waals surface area contributed by atoms with Crippen LogP contribution in [0.4, 0.5) is 5.82 Å². The molecule has 3 rings (SSSR count). The smallest absolute Gasteiger partial charge is 0.162 e. The Morgan fingerprint density at radius 2 is 2.12 bits per heavy atom. The fourth-order valence-corrected chi connectivity index (χ4v) is 2.03. The van der Waals surface area contributed by atoms with Crippen LogP contribution in [0.15, 0.2) is 47.9 Å². The molecular formula is C16H17N7O. The molecular weight excluding hydrogens is 306 g/mol. The van der Waals surface area contributed by atoms with Crippen molar-refractivity contribution in [2.24, 2.45) is 5.16 Å². The molecule has 122 valence electrons. The zero-order valence-electron chi connectivity index (χ0n) is 13.2. The van der Waals surface area contributed by atoms with E-state index >= 15 is 0 Å². The first kappa shape index (κ1) is 15.6. The van der Waals surface area contributed by atoms with Crippen LogP contribution in [0.5, 0.6) is 0 Å². The lowest BCUT2D eigenvalue weighted by molar-refractivity contribution is 0.129. The zero-order chi connectivity index (χ0) is 16.8. The second-order valence-corrected chi connectivity index (χ2v) is 5.15. The molecule has 0 aliphatic rings. The molecule has 8 nitrogen and oxygen atoms in total. The monoisotopic (exact) mass is 323 g/mol. The van der Waals surface area contributed by atoms with Crippen molar-refractivity contribution in [1.82, 2.24) is 25.0 Å². The first-order chi connectivity index (χ1) is 11.7. The number of aryl methyl sites for hydroxylation is 1. The van der Waals surface area contributed by atoms with Gasteiger partial charge in [-0.25, -0.2) is 14.6 Å². The van der Waals surface area contributed by atoms with Crippen molar-refractivity contribution in [2.45, 2.75) is 20.1 Å². The van der Waals surface area contributed by atoms with Gasteiger partial charge in [0.15, 0.2) is 6.61 Å². The Labute approximate surface area is 139 Å². The van der Waals surface area contributed by atoms with Gasteiger partial charge in [-0.05, 0) is 12.5 Å². The van der Waals surface area contributed by atoms with Crippen LogP contribution < -0.4 is 5.73 Å². The quantitative estimate of drug-likeness (QED) is 0.545. The third-order valence-corrected chi connectivity index (χ3v) is 3.23. The highest BCUT2D eigenvalue weighted by Gasteiger charge is 2.06. The summed E-state index contributed by atoms with van der Waals surface area (Å²) in [5.74, 6) is 1.09. The maximum absolute atomic E-state index is 5.87. The summed E-state index contributed by atoms with van der Waals surface area (Å²) in [5.41, 5.74) is 8.31. The number of anilines is 1. The molecule has 0 bridgehead atoms. The molecule has 0 aliphatic heterocycles. The number of nitrogens with zero attached hydrogens (tertiary/aromatic N) is 6. The third-order valence-electron chi connectivity index (χ3n) is 3.23. The summed E-state index contributed by atoms with van der Waals surface area (Å²) in [7, 11) is 0. The van der Waals surface area contributed by atoms with E-state index in [1.165, 1.54) is 0 Å². The minimum Gasteiger partial charge on any atom is -0.389 e. The van der Waals surface area contributed by atoms with Crippen molar-refractivity contribution in [3.63, 3.8) is 0 Å². The van der Waals surface area contributed by atoms with Crippen LogP contribution >= 0.6 is 0 Å². The average molecular weight is 323 g/mol. The van der Waals surface area contributed by atoms with E-state index < -0.39 is 0 Å². The molecule has 8 heteroatoms. The minimum atomic E-state index is 0.239. The normalized spacial score (nSPS) is 11.0. The Hall–Kier alpha value is -3.29. The number of aromatic nitrogens is 5. The van der Waals surface area contributed by atoms with E-state index in [1.54, 1.807) is 30.2 Å². The van der Waals surface area contributed by atoms with Gasteiger partial charge in [0.05, 0.1) is 19.0 Å². The second-order valence-electron chi connectivity index (χ2n) is 5.15. The molecule has 2 heterocycles. The largest absolute Gasteiger partial charge is 0.389 e. The lowest BCUT2D eigenvalue weighted by Crippen LogP contribution is -2.07. The molecule has 0 amide bonds. The van der Waals surface area contributed by atoms with Gasteiger partial charge in [0.25, 0.3) is 0 Å². The van der Waals surface area contributed by atoms with Crippen LogP contribution in [0.1, 0.15) is 22.6 Å². The number of nitrogens with two attached hydrogens (primary N) is 1. The van der Waals surface area contributed by atoms with E-state index in [0.717, 1.165) is 11.1 Å². The molecule has 1 aromatic carbocycles. The van der Waals surface area contributed by atoms with Crippen molar-refractivity contribution in [1.29, 1.82) is 0 Å². The molecule has 0 saturated heterocycles. The summed E-state index contributed by atoms with van der Waals surface area (Å²) in [6.45, 7) is 2.48. The van der Waals surface area contributed by atoms with Crippen molar-refractivity contribution in [3.05, 3.63) is 65.4 Å². The molecule has 0 saturated carbocycles. The van der Waals surface area contributed by atoms with Gasteiger partial charge in [0, 0.05) is 11.8 Å². The van der Waals surface area contributed by atoms with Crippen LogP contribution in [-0.2, 0) is 18.0 Å². The minimum absolute atomic E-state index is 0.239. The van der Waals surface area contributed by atoms with Gasteiger partial charge in [-0.2, -0.15) is 0 Å². The molecule has 0 unspecified atom stereocenters. The van der Waals surface area contributed by atoms with Gasteiger partial charge in [-0.3, -0.25) is 0 Å². The molecule has 0 atom stereocenters. The van der Waals surface area contributed by atoms with Gasteiger partial charge in [-0.15, -0.1) is 5.10 Å². The van der Waals surface area contributed by atoms with E-state index in [9.17, 15) is 0 Å². The second kappa shape index (κ2) is 7.32. The van der Waals surface area contributed by atoms with Gasteiger partial charge in [0.2, 0.25) is 0 Å². The Bertz CT molecular complexity index is 829. The number of nitrogen functional groups attached to an aromatic ring is 1. The molecule has 3 aromatic rings. The Kier molecular flexibility index (Phi) is 4.76. The van der Waals surface area contributed by atoms with Crippen LogP contribution in [0.25, 0.3) is 0 Å².